The molecule has 1 amide bonds. The number of alkyl halides is 6. The van der Waals surface area contributed by atoms with Gasteiger partial charge in [0.15, 0.2) is 5.41 Å². The minimum absolute atomic E-state index is 0.285. The van der Waals surface area contributed by atoms with Crippen molar-refractivity contribution < 1.29 is 35.6 Å². The second-order valence-corrected chi connectivity index (χ2v) is 5.37. The fraction of sp³-hybridized carbons (Fsp3) is 0.500. The molecule has 1 aromatic rings. The van der Waals surface area contributed by atoms with Crippen molar-refractivity contribution in [2.45, 2.75) is 25.7 Å². The zero-order valence-electron chi connectivity index (χ0n) is 12.0. The van der Waals surface area contributed by atoms with Gasteiger partial charge in [-0.1, -0.05) is 0 Å². The van der Waals surface area contributed by atoms with Crippen LogP contribution in [0.5, 0.6) is 0 Å². The van der Waals surface area contributed by atoms with Crippen molar-refractivity contribution in [3.05, 3.63) is 29.7 Å². The number of aryl methyl sites for hydroxylation is 1. The molecule has 1 aliphatic rings. The van der Waals surface area contributed by atoms with Crippen molar-refractivity contribution in [2.75, 3.05) is 13.1 Å². The van der Waals surface area contributed by atoms with E-state index in [0.717, 1.165) is 6.08 Å². The summed E-state index contributed by atoms with van der Waals surface area (Å²) in [6.45, 7) is -0.389. The highest BCUT2D eigenvalue weighted by molar-refractivity contribution is 5.91. The SMILES string of the molecule is Cc1ccc(/C=C/C(=O)N2CCC(C(F)(F)F)(C(F)(F)F)C2)o1. The molecule has 1 saturated heterocycles. The summed E-state index contributed by atoms with van der Waals surface area (Å²) < 4.78 is 82.6. The fourth-order valence-electron chi connectivity index (χ4n) is 2.42. The van der Waals surface area contributed by atoms with Crippen molar-refractivity contribution in [2.24, 2.45) is 5.41 Å². The van der Waals surface area contributed by atoms with Crippen LogP contribution in [0.3, 0.4) is 0 Å². The smallest absolute Gasteiger partial charge is 0.404 e. The number of hydrogen-bond donors (Lipinski definition) is 0. The molecule has 1 aromatic heterocycles. The van der Waals surface area contributed by atoms with Crippen LogP contribution in [-0.4, -0.2) is 36.2 Å². The molecule has 0 aromatic carbocycles. The Hall–Kier alpha value is -1.93. The van der Waals surface area contributed by atoms with E-state index in [0.29, 0.717) is 10.7 Å². The quantitative estimate of drug-likeness (QED) is 0.603. The monoisotopic (exact) mass is 341 g/mol. The van der Waals surface area contributed by atoms with Gasteiger partial charge in [0.1, 0.15) is 11.5 Å². The number of hydrogen-bond acceptors (Lipinski definition) is 2. The van der Waals surface area contributed by atoms with Gasteiger partial charge in [0.2, 0.25) is 5.91 Å². The molecule has 1 fully saturated rings. The Morgan fingerprint density at radius 1 is 1.22 bits per heavy atom. The lowest BCUT2D eigenvalue weighted by Gasteiger charge is -2.33. The molecule has 0 aliphatic carbocycles. The van der Waals surface area contributed by atoms with E-state index in [1.807, 2.05) is 0 Å². The summed E-state index contributed by atoms with van der Waals surface area (Å²) in [5.74, 6) is -0.0752. The van der Waals surface area contributed by atoms with Crippen LogP contribution in [0.2, 0.25) is 0 Å². The molecule has 3 nitrogen and oxygen atoms in total. The number of furan rings is 1. The number of rotatable bonds is 2. The van der Waals surface area contributed by atoms with E-state index in [9.17, 15) is 31.1 Å². The lowest BCUT2D eigenvalue weighted by atomic mass is 9.85. The van der Waals surface area contributed by atoms with E-state index in [2.05, 4.69) is 0 Å². The molecular formula is C14H13F6NO2. The minimum Gasteiger partial charge on any atom is -0.462 e. The predicted molar refractivity (Wildman–Crippen MR) is 68.2 cm³/mol. The summed E-state index contributed by atoms with van der Waals surface area (Å²) in [4.78, 5) is 12.4. The molecule has 0 N–H and O–H groups in total. The van der Waals surface area contributed by atoms with Gasteiger partial charge in [-0.15, -0.1) is 0 Å². The maximum absolute atomic E-state index is 12.9. The first-order valence-electron chi connectivity index (χ1n) is 6.63. The van der Waals surface area contributed by atoms with Gasteiger partial charge in [0.05, 0.1) is 0 Å². The van der Waals surface area contributed by atoms with Gasteiger partial charge in [-0.2, -0.15) is 26.3 Å². The zero-order chi connectivity index (χ0) is 17.5. The predicted octanol–water partition coefficient (Wildman–Crippen LogP) is 3.94. The molecule has 0 spiro atoms. The average molecular weight is 341 g/mol. The molecular weight excluding hydrogens is 328 g/mol. The van der Waals surface area contributed by atoms with Crippen molar-refractivity contribution in [3.63, 3.8) is 0 Å². The second-order valence-electron chi connectivity index (χ2n) is 5.37. The van der Waals surface area contributed by atoms with E-state index in [4.69, 9.17) is 4.42 Å². The van der Waals surface area contributed by atoms with Gasteiger partial charge >= 0.3 is 12.4 Å². The Balaban J connectivity index is 2.14. The van der Waals surface area contributed by atoms with Gasteiger partial charge < -0.3 is 9.32 Å². The van der Waals surface area contributed by atoms with Gasteiger partial charge in [0.25, 0.3) is 0 Å². The van der Waals surface area contributed by atoms with Crippen LogP contribution in [0, 0.1) is 12.3 Å². The number of likely N-dealkylation sites (tertiary alicyclic amines) is 1. The fourth-order valence-corrected chi connectivity index (χ4v) is 2.42. The average Bonchev–Trinajstić information content (AvgIpc) is 3.01. The molecule has 2 rings (SSSR count). The largest absolute Gasteiger partial charge is 0.462 e. The molecule has 2 heterocycles. The van der Waals surface area contributed by atoms with Gasteiger partial charge in [0, 0.05) is 19.2 Å². The van der Waals surface area contributed by atoms with Crippen molar-refractivity contribution in [1.82, 2.24) is 4.90 Å². The summed E-state index contributed by atoms with van der Waals surface area (Å²) in [5.41, 5.74) is -3.87. The molecule has 0 unspecified atom stereocenters. The Morgan fingerprint density at radius 2 is 1.83 bits per heavy atom. The topological polar surface area (TPSA) is 33.5 Å². The van der Waals surface area contributed by atoms with Crippen molar-refractivity contribution in [1.29, 1.82) is 0 Å². The van der Waals surface area contributed by atoms with Gasteiger partial charge in [-0.3, -0.25) is 4.79 Å². The summed E-state index contributed by atoms with van der Waals surface area (Å²) in [6, 6.07) is 3.14. The van der Waals surface area contributed by atoms with E-state index in [-0.39, 0.29) is 5.76 Å². The Labute approximate surface area is 127 Å². The summed E-state index contributed by atoms with van der Waals surface area (Å²) in [6.07, 6.45) is -10.0. The van der Waals surface area contributed by atoms with Crippen LogP contribution in [-0.2, 0) is 4.79 Å². The number of halogens is 6. The van der Waals surface area contributed by atoms with Crippen molar-refractivity contribution in [3.8, 4) is 0 Å². The second kappa shape index (κ2) is 5.61. The van der Waals surface area contributed by atoms with E-state index in [1.54, 1.807) is 13.0 Å². The lowest BCUT2D eigenvalue weighted by Crippen LogP contribution is -2.52. The first-order valence-corrected chi connectivity index (χ1v) is 6.63. The number of carbonyl (C=O) groups excluding carboxylic acids is 1. The maximum atomic E-state index is 12.9. The molecule has 1 aliphatic heterocycles. The van der Waals surface area contributed by atoms with Gasteiger partial charge in [-0.25, -0.2) is 0 Å². The summed E-state index contributed by atoms with van der Waals surface area (Å²) in [7, 11) is 0. The third kappa shape index (κ3) is 3.23. The van der Waals surface area contributed by atoms with E-state index >= 15 is 0 Å². The number of carbonyl (C=O) groups is 1. The summed E-state index contributed by atoms with van der Waals surface area (Å²) in [5, 5.41) is 0. The van der Waals surface area contributed by atoms with Crippen LogP contribution >= 0.6 is 0 Å². The van der Waals surface area contributed by atoms with Crippen molar-refractivity contribution >= 4 is 12.0 Å². The standard InChI is InChI=1S/C14H13F6NO2/c1-9-2-3-10(23-9)4-5-11(22)21-7-6-12(8-21,13(15,16)17)14(18,19)20/h2-5H,6-8H2,1H3/b5-4+. The van der Waals surface area contributed by atoms with Crippen LogP contribution in [0.4, 0.5) is 26.3 Å². The third-order valence-corrected chi connectivity index (χ3v) is 3.82. The van der Waals surface area contributed by atoms with Crippen LogP contribution < -0.4 is 0 Å². The molecule has 0 atom stereocenters. The highest BCUT2D eigenvalue weighted by atomic mass is 19.4. The lowest BCUT2D eigenvalue weighted by molar-refractivity contribution is -0.334. The Bertz CT molecular complexity index is 600. The zero-order valence-corrected chi connectivity index (χ0v) is 12.0. The van der Waals surface area contributed by atoms with Crippen LogP contribution in [0.25, 0.3) is 6.08 Å². The van der Waals surface area contributed by atoms with Crippen LogP contribution in [0.1, 0.15) is 17.9 Å². The highest BCUT2D eigenvalue weighted by Gasteiger charge is 2.72. The summed E-state index contributed by atoms with van der Waals surface area (Å²) >= 11 is 0. The first kappa shape index (κ1) is 17.4. The van der Waals surface area contributed by atoms with E-state index in [1.165, 1.54) is 12.1 Å². The molecule has 0 saturated carbocycles. The normalized spacial score (nSPS) is 18.8. The van der Waals surface area contributed by atoms with E-state index < -0.39 is 43.2 Å². The van der Waals surface area contributed by atoms with Gasteiger partial charge in [-0.05, 0) is 31.6 Å². The number of amides is 1. The minimum atomic E-state index is -5.47. The molecule has 0 radical (unpaired) electrons. The number of nitrogens with zero attached hydrogens (tertiary/aromatic N) is 1. The highest BCUT2D eigenvalue weighted by Crippen LogP contribution is 2.55. The Kier molecular flexibility index (Phi) is 4.25. The third-order valence-electron chi connectivity index (χ3n) is 3.82. The molecule has 9 heteroatoms. The van der Waals surface area contributed by atoms with Crippen LogP contribution in [0.15, 0.2) is 22.6 Å². The Morgan fingerprint density at radius 3 is 2.26 bits per heavy atom. The molecule has 0 bridgehead atoms. The molecule has 128 valence electrons. The first-order chi connectivity index (χ1) is 10.5. The molecule has 23 heavy (non-hydrogen) atoms. The maximum Gasteiger partial charge on any atom is 0.404 e.